The van der Waals surface area contributed by atoms with Gasteiger partial charge in [-0.1, -0.05) is 78.9 Å². The fraction of sp³-hybridized carbons (Fsp3) is 0.0909. The SMILES string of the molecule is C=C(c1ccc(C)cc1)c1ccc2c(c1)Cc1ccccc1-2. The molecule has 0 nitrogen and oxygen atoms in total. The Kier molecular flexibility index (Phi) is 2.97. The van der Waals surface area contributed by atoms with Crippen LogP contribution in [0.1, 0.15) is 27.8 Å². The maximum absolute atomic E-state index is 4.30. The van der Waals surface area contributed by atoms with Crippen molar-refractivity contribution in [3.63, 3.8) is 0 Å². The highest BCUT2D eigenvalue weighted by molar-refractivity contribution is 5.83. The second-order valence-electron chi connectivity index (χ2n) is 6.05. The first-order valence-electron chi connectivity index (χ1n) is 7.70. The van der Waals surface area contributed by atoms with Gasteiger partial charge in [-0.05, 0) is 52.3 Å². The fourth-order valence-corrected chi connectivity index (χ4v) is 3.25. The van der Waals surface area contributed by atoms with Crippen molar-refractivity contribution in [3.05, 3.63) is 101 Å². The van der Waals surface area contributed by atoms with Crippen molar-refractivity contribution >= 4 is 5.57 Å². The fourth-order valence-electron chi connectivity index (χ4n) is 3.25. The second-order valence-corrected chi connectivity index (χ2v) is 6.05. The zero-order valence-corrected chi connectivity index (χ0v) is 12.8. The molecule has 1 aliphatic rings. The molecule has 0 aliphatic heterocycles. The Morgan fingerprint density at radius 2 is 1.45 bits per heavy atom. The van der Waals surface area contributed by atoms with Gasteiger partial charge in [-0.3, -0.25) is 0 Å². The van der Waals surface area contributed by atoms with Gasteiger partial charge in [0.15, 0.2) is 0 Å². The molecule has 0 spiro atoms. The minimum absolute atomic E-state index is 1.03. The maximum Gasteiger partial charge on any atom is -0.00132 e. The van der Waals surface area contributed by atoms with Gasteiger partial charge in [-0.2, -0.15) is 0 Å². The largest absolute Gasteiger partial charge is 0.0906 e. The smallest absolute Gasteiger partial charge is 0.00132 e. The average Bonchev–Trinajstić information content (AvgIpc) is 2.92. The van der Waals surface area contributed by atoms with Crippen molar-refractivity contribution < 1.29 is 0 Å². The van der Waals surface area contributed by atoms with Gasteiger partial charge >= 0.3 is 0 Å². The maximum atomic E-state index is 4.30. The molecule has 0 unspecified atom stereocenters. The number of fused-ring (bicyclic) bond motifs is 3. The Bertz CT molecular complexity index is 867. The molecule has 0 heterocycles. The van der Waals surface area contributed by atoms with Gasteiger partial charge in [0.1, 0.15) is 0 Å². The Morgan fingerprint density at radius 3 is 2.27 bits per heavy atom. The standard InChI is InChI=1S/C22H18/c1-15-7-9-17(10-8-15)16(2)18-11-12-22-20(13-18)14-19-5-3-4-6-21(19)22/h3-13H,2,14H2,1H3. The van der Waals surface area contributed by atoms with Crippen LogP contribution in [0.2, 0.25) is 0 Å². The van der Waals surface area contributed by atoms with E-state index < -0.39 is 0 Å². The van der Waals surface area contributed by atoms with E-state index in [4.69, 9.17) is 0 Å². The van der Waals surface area contributed by atoms with Crippen molar-refractivity contribution in [2.75, 3.05) is 0 Å². The molecule has 0 fully saturated rings. The molecule has 0 N–H and O–H groups in total. The number of aryl methyl sites for hydroxylation is 1. The van der Waals surface area contributed by atoms with Gasteiger partial charge in [0.05, 0.1) is 0 Å². The third-order valence-electron chi connectivity index (χ3n) is 4.54. The molecule has 0 aromatic heterocycles. The van der Waals surface area contributed by atoms with Crippen molar-refractivity contribution in [2.45, 2.75) is 13.3 Å². The van der Waals surface area contributed by atoms with Crippen LogP contribution in [0.5, 0.6) is 0 Å². The zero-order valence-electron chi connectivity index (χ0n) is 12.8. The van der Waals surface area contributed by atoms with Crippen molar-refractivity contribution in [1.82, 2.24) is 0 Å². The van der Waals surface area contributed by atoms with Crippen LogP contribution >= 0.6 is 0 Å². The highest BCUT2D eigenvalue weighted by Gasteiger charge is 2.18. The molecule has 0 bridgehead atoms. The second kappa shape index (κ2) is 4.99. The number of benzene rings is 3. The van der Waals surface area contributed by atoms with E-state index in [2.05, 4.69) is 80.2 Å². The number of hydrogen-bond donors (Lipinski definition) is 0. The Morgan fingerprint density at radius 1 is 0.773 bits per heavy atom. The zero-order chi connectivity index (χ0) is 15.1. The summed E-state index contributed by atoms with van der Waals surface area (Å²) in [4.78, 5) is 0. The molecule has 3 aromatic carbocycles. The minimum atomic E-state index is 1.03. The van der Waals surface area contributed by atoms with Crippen LogP contribution < -0.4 is 0 Å². The lowest BCUT2D eigenvalue weighted by Gasteiger charge is -2.09. The van der Waals surface area contributed by atoms with Crippen molar-refractivity contribution in [3.8, 4) is 11.1 Å². The lowest BCUT2D eigenvalue weighted by atomic mass is 9.95. The summed E-state index contributed by atoms with van der Waals surface area (Å²) in [6.45, 7) is 6.41. The van der Waals surface area contributed by atoms with E-state index in [-0.39, 0.29) is 0 Å². The van der Waals surface area contributed by atoms with Crippen LogP contribution in [0, 0.1) is 6.92 Å². The Balaban J connectivity index is 1.73. The summed E-state index contributed by atoms with van der Waals surface area (Å²) in [6, 6.07) is 24.0. The summed E-state index contributed by atoms with van der Waals surface area (Å²) in [7, 11) is 0. The van der Waals surface area contributed by atoms with Crippen LogP contribution in [0.3, 0.4) is 0 Å². The van der Waals surface area contributed by atoms with E-state index >= 15 is 0 Å². The molecule has 3 aromatic rings. The van der Waals surface area contributed by atoms with Gasteiger partial charge in [0.25, 0.3) is 0 Å². The summed E-state index contributed by atoms with van der Waals surface area (Å²) in [5.74, 6) is 0. The van der Waals surface area contributed by atoms with E-state index in [1.54, 1.807) is 0 Å². The predicted molar refractivity (Wildman–Crippen MR) is 94.0 cm³/mol. The lowest BCUT2D eigenvalue weighted by Crippen LogP contribution is -1.89. The molecule has 106 valence electrons. The molecule has 0 atom stereocenters. The molecular weight excluding hydrogens is 264 g/mol. The quantitative estimate of drug-likeness (QED) is 0.447. The first kappa shape index (κ1) is 13.1. The molecule has 4 rings (SSSR count). The van der Waals surface area contributed by atoms with Gasteiger partial charge in [0, 0.05) is 0 Å². The van der Waals surface area contributed by atoms with E-state index in [1.807, 2.05) is 0 Å². The first-order valence-corrected chi connectivity index (χ1v) is 7.70. The van der Waals surface area contributed by atoms with Crippen LogP contribution in [0.15, 0.2) is 73.3 Å². The third-order valence-corrected chi connectivity index (χ3v) is 4.54. The Hall–Kier alpha value is -2.60. The van der Waals surface area contributed by atoms with Crippen LogP contribution in [-0.2, 0) is 6.42 Å². The molecular formula is C22H18. The minimum Gasteiger partial charge on any atom is -0.0906 e. The lowest BCUT2D eigenvalue weighted by molar-refractivity contribution is 1.26. The third kappa shape index (κ3) is 2.08. The summed E-state index contributed by atoms with van der Waals surface area (Å²) in [5.41, 5.74) is 10.4. The van der Waals surface area contributed by atoms with Crippen LogP contribution in [0.4, 0.5) is 0 Å². The highest BCUT2D eigenvalue weighted by atomic mass is 14.2. The molecule has 0 amide bonds. The number of hydrogen-bond acceptors (Lipinski definition) is 0. The Labute approximate surface area is 131 Å². The van der Waals surface area contributed by atoms with Gasteiger partial charge in [-0.15, -0.1) is 0 Å². The van der Waals surface area contributed by atoms with Crippen molar-refractivity contribution in [1.29, 1.82) is 0 Å². The van der Waals surface area contributed by atoms with Gasteiger partial charge < -0.3 is 0 Å². The molecule has 1 aliphatic carbocycles. The molecule has 0 saturated heterocycles. The highest BCUT2D eigenvalue weighted by Crippen LogP contribution is 2.38. The topological polar surface area (TPSA) is 0 Å². The van der Waals surface area contributed by atoms with E-state index in [9.17, 15) is 0 Å². The van der Waals surface area contributed by atoms with E-state index in [0.717, 1.165) is 12.0 Å². The van der Waals surface area contributed by atoms with Crippen molar-refractivity contribution in [2.24, 2.45) is 0 Å². The van der Waals surface area contributed by atoms with E-state index in [0.29, 0.717) is 0 Å². The molecule has 0 radical (unpaired) electrons. The monoisotopic (exact) mass is 282 g/mol. The normalized spacial score (nSPS) is 11.9. The van der Waals surface area contributed by atoms with Gasteiger partial charge in [0.2, 0.25) is 0 Å². The van der Waals surface area contributed by atoms with Crippen LogP contribution in [-0.4, -0.2) is 0 Å². The summed E-state index contributed by atoms with van der Waals surface area (Å²) in [5, 5.41) is 0. The molecule has 0 heteroatoms. The molecule has 22 heavy (non-hydrogen) atoms. The molecule has 0 saturated carbocycles. The van der Waals surface area contributed by atoms with Gasteiger partial charge in [-0.25, -0.2) is 0 Å². The first-order chi connectivity index (χ1) is 10.7. The van der Waals surface area contributed by atoms with Crippen LogP contribution in [0.25, 0.3) is 16.7 Å². The summed E-state index contributed by atoms with van der Waals surface area (Å²) in [6.07, 6.45) is 1.03. The summed E-state index contributed by atoms with van der Waals surface area (Å²) >= 11 is 0. The average molecular weight is 282 g/mol. The number of rotatable bonds is 2. The van der Waals surface area contributed by atoms with E-state index in [1.165, 1.54) is 38.9 Å². The predicted octanol–water partition coefficient (Wildman–Crippen LogP) is 5.63. The summed E-state index contributed by atoms with van der Waals surface area (Å²) < 4.78 is 0.